The van der Waals surface area contributed by atoms with Gasteiger partial charge in [-0.05, 0) is 37.8 Å². The normalized spacial score (nSPS) is 31.6. The number of hydrogen-bond donors (Lipinski definition) is 0. The van der Waals surface area contributed by atoms with Crippen LogP contribution in [0.3, 0.4) is 0 Å². The molecular weight excluding hydrogens is 319 g/mol. The summed E-state index contributed by atoms with van der Waals surface area (Å²) in [4.78, 5) is 4.88. The van der Waals surface area contributed by atoms with Crippen molar-refractivity contribution in [2.24, 2.45) is 5.92 Å². The Kier molecular flexibility index (Phi) is 5.36. The minimum absolute atomic E-state index is 0.0134. The minimum atomic E-state index is -0.0975. The quantitative estimate of drug-likeness (QED) is 0.835. The predicted molar refractivity (Wildman–Crippen MR) is 95.0 cm³/mol. The lowest BCUT2D eigenvalue weighted by molar-refractivity contribution is -0.0538. The molecule has 4 rings (SSSR count). The standard InChI is InChI=1S/C20H29FN2O2/c21-19-5-2-1-4-18(19)14-23-7-3-6-20(16-23)12-17(15-25-20)13-22-8-10-24-11-9-22/h1-2,4-5,17H,3,6-16H2. The van der Waals surface area contributed by atoms with E-state index < -0.39 is 0 Å². The monoisotopic (exact) mass is 348 g/mol. The van der Waals surface area contributed by atoms with Crippen LogP contribution in [0.1, 0.15) is 24.8 Å². The van der Waals surface area contributed by atoms with Crippen molar-refractivity contribution in [1.82, 2.24) is 9.80 Å². The number of halogens is 1. The van der Waals surface area contributed by atoms with Crippen LogP contribution in [0.5, 0.6) is 0 Å². The molecule has 25 heavy (non-hydrogen) atoms. The van der Waals surface area contributed by atoms with E-state index in [2.05, 4.69) is 9.80 Å². The molecule has 3 heterocycles. The molecule has 3 aliphatic rings. The molecule has 0 aromatic heterocycles. The lowest BCUT2D eigenvalue weighted by Crippen LogP contribution is -2.47. The highest BCUT2D eigenvalue weighted by molar-refractivity contribution is 5.17. The lowest BCUT2D eigenvalue weighted by atomic mass is 9.86. The van der Waals surface area contributed by atoms with Crippen LogP contribution in [-0.2, 0) is 16.0 Å². The molecule has 0 amide bonds. The van der Waals surface area contributed by atoms with E-state index in [0.717, 1.165) is 77.4 Å². The smallest absolute Gasteiger partial charge is 0.127 e. The molecule has 1 aromatic rings. The average molecular weight is 348 g/mol. The molecule has 3 saturated heterocycles. The highest BCUT2D eigenvalue weighted by Crippen LogP contribution is 2.38. The zero-order chi connectivity index (χ0) is 17.1. The van der Waals surface area contributed by atoms with Crippen molar-refractivity contribution in [3.05, 3.63) is 35.6 Å². The number of hydrogen-bond acceptors (Lipinski definition) is 4. The molecule has 3 fully saturated rings. The van der Waals surface area contributed by atoms with Crippen LogP contribution in [0.15, 0.2) is 24.3 Å². The van der Waals surface area contributed by atoms with Gasteiger partial charge in [0.1, 0.15) is 5.82 Å². The molecule has 1 spiro atoms. The maximum Gasteiger partial charge on any atom is 0.127 e. The first kappa shape index (κ1) is 17.4. The van der Waals surface area contributed by atoms with E-state index in [0.29, 0.717) is 12.5 Å². The summed E-state index contributed by atoms with van der Waals surface area (Å²) in [5, 5.41) is 0. The summed E-state index contributed by atoms with van der Waals surface area (Å²) in [7, 11) is 0. The van der Waals surface area contributed by atoms with E-state index in [1.807, 2.05) is 12.1 Å². The maximum absolute atomic E-state index is 14.0. The van der Waals surface area contributed by atoms with Gasteiger partial charge >= 0.3 is 0 Å². The topological polar surface area (TPSA) is 24.9 Å². The van der Waals surface area contributed by atoms with E-state index in [9.17, 15) is 4.39 Å². The number of nitrogens with zero attached hydrogens (tertiary/aromatic N) is 2. The second-order valence-corrected chi connectivity index (χ2v) is 7.88. The molecule has 0 aliphatic carbocycles. The minimum Gasteiger partial charge on any atom is -0.379 e. The van der Waals surface area contributed by atoms with Gasteiger partial charge < -0.3 is 9.47 Å². The van der Waals surface area contributed by atoms with Crippen molar-refractivity contribution in [3.8, 4) is 0 Å². The molecular formula is C20H29FN2O2. The Morgan fingerprint density at radius 1 is 1.12 bits per heavy atom. The molecule has 4 nitrogen and oxygen atoms in total. The van der Waals surface area contributed by atoms with E-state index in [4.69, 9.17) is 9.47 Å². The highest BCUT2D eigenvalue weighted by Gasteiger charge is 2.43. The van der Waals surface area contributed by atoms with Gasteiger partial charge in [0.2, 0.25) is 0 Å². The number of likely N-dealkylation sites (tertiary alicyclic amines) is 1. The molecule has 2 unspecified atom stereocenters. The van der Waals surface area contributed by atoms with Crippen LogP contribution in [0, 0.1) is 11.7 Å². The van der Waals surface area contributed by atoms with Gasteiger partial charge in [0.15, 0.2) is 0 Å². The van der Waals surface area contributed by atoms with Gasteiger partial charge in [-0.3, -0.25) is 9.80 Å². The van der Waals surface area contributed by atoms with Crippen LogP contribution in [0.25, 0.3) is 0 Å². The summed E-state index contributed by atoms with van der Waals surface area (Å²) < 4.78 is 25.7. The Morgan fingerprint density at radius 3 is 2.80 bits per heavy atom. The summed E-state index contributed by atoms with van der Waals surface area (Å²) in [6.45, 7) is 8.44. The van der Waals surface area contributed by atoms with Gasteiger partial charge in [0.05, 0.1) is 25.4 Å². The Balaban J connectivity index is 1.33. The number of piperidine rings is 1. The maximum atomic E-state index is 14.0. The summed E-state index contributed by atoms with van der Waals surface area (Å²) in [5.74, 6) is 0.520. The van der Waals surface area contributed by atoms with Crippen LogP contribution >= 0.6 is 0 Å². The SMILES string of the molecule is Fc1ccccc1CN1CCCC2(CC(CN3CCOCC3)CO2)C1. The third kappa shape index (κ3) is 4.22. The molecule has 0 radical (unpaired) electrons. The zero-order valence-corrected chi connectivity index (χ0v) is 15.0. The van der Waals surface area contributed by atoms with Crippen LogP contribution in [0.2, 0.25) is 0 Å². The fourth-order valence-corrected chi connectivity index (χ4v) is 4.68. The zero-order valence-electron chi connectivity index (χ0n) is 15.0. The van der Waals surface area contributed by atoms with Crippen LogP contribution < -0.4 is 0 Å². The fourth-order valence-electron chi connectivity index (χ4n) is 4.68. The van der Waals surface area contributed by atoms with Crippen molar-refractivity contribution in [1.29, 1.82) is 0 Å². The molecule has 0 saturated carbocycles. The average Bonchev–Trinajstić information content (AvgIpc) is 3.00. The van der Waals surface area contributed by atoms with E-state index in [1.54, 1.807) is 12.1 Å². The first-order valence-corrected chi connectivity index (χ1v) is 9.62. The first-order valence-electron chi connectivity index (χ1n) is 9.62. The summed E-state index contributed by atoms with van der Waals surface area (Å²) in [6, 6.07) is 7.13. The third-order valence-corrected chi connectivity index (χ3v) is 5.88. The number of rotatable bonds is 4. The molecule has 3 aliphatic heterocycles. The Labute approximate surface area is 149 Å². The molecule has 0 bridgehead atoms. The molecule has 138 valence electrons. The second kappa shape index (κ2) is 7.70. The largest absolute Gasteiger partial charge is 0.379 e. The number of morpholine rings is 1. The number of benzene rings is 1. The van der Waals surface area contributed by atoms with Crippen LogP contribution in [-0.4, -0.2) is 67.9 Å². The Morgan fingerprint density at radius 2 is 1.96 bits per heavy atom. The van der Waals surface area contributed by atoms with Gasteiger partial charge in [-0.15, -0.1) is 0 Å². The molecule has 2 atom stereocenters. The van der Waals surface area contributed by atoms with Crippen LogP contribution in [0.4, 0.5) is 4.39 Å². The fraction of sp³-hybridized carbons (Fsp3) is 0.700. The lowest BCUT2D eigenvalue weighted by Gasteiger charge is -2.40. The summed E-state index contributed by atoms with van der Waals surface area (Å²) in [5.41, 5.74) is 0.780. The van der Waals surface area contributed by atoms with E-state index in [-0.39, 0.29) is 11.4 Å². The van der Waals surface area contributed by atoms with Crippen molar-refractivity contribution in [2.45, 2.75) is 31.4 Å². The first-order chi connectivity index (χ1) is 12.2. The molecule has 0 N–H and O–H groups in total. The van der Waals surface area contributed by atoms with Crippen molar-refractivity contribution in [2.75, 3.05) is 52.5 Å². The Hall–Kier alpha value is -1.01. The van der Waals surface area contributed by atoms with E-state index >= 15 is 0 Å². The Bertz CT molecular complexity index is 579. The van der Waals surface area contributed by atoms with Crippen molar-refractivity contribution < 1.29 is 13.9 Å². The van der Waals surface area contributed by atoms with Gasteiger partial charge in [-0.2, -0.15) is 0 Å². The highest BCUT2D eigenvalue weighted by atomic mass is 19.1. The molecule has 5 heteroatoms. The van der Waals surface area contributed by atoms with Crippen molar-refractivity contribution in [3.63, 3.8) is 0 Å². The van der Waals surface area contributed by atoms with E-state index in [1.165, 1.54) is 0 Å². The second-order valence-electron chi connectivity index (χ2n) is 7.88. The van der Waals surface area contributed by atoms with Gasteiger partial charge in [-0.1, -0.05) is 18.2 Å². The summed E-state index contributed by atoms with van der Waals surface area (Å²) in [6.07, 6.45) is 3.41. The molecule has 1 aromatic carbocycles. The predicted octanol–water partition coefficient (Wildman–Crippen LogP) is 2.53. The number of ether oxygens (including phenoxy) is 2. The van der Waals surface area contributed by atoms with Gasteiger partial charge in [0.25, 0.3) is 0 Å². The van der Waals surface area contributed by atoms with Gasteiger partial charge in [-0.25, -0.2) is 4.39 Å². The third-order valence-electron chi connectivity index (χ3n) is 5.88. The summed E-state index contributed by atoms with van der Waals surface area (Å²) >= 11 is 0. The van der Waals surface area contributed by atoms with Crippen molar-refractivity contribution >= 4 is 0 Å². The van der Waals surface area contributed by atoms with Gasteiger partial charge in [0, 0.05) is 38.3 Å².